The Bertz CT molecular complexity index is 1300. The van der Waals surface area contributed by atoms with Gasteiger partial charge in [0.1, 0.15) is 5.75 Å². The van der Waals surface area contributed by atoms with Gasteiger partial charge in [-0.1, -0.05) is 18.2 Å². The molecule has 0 unspecified atom stereocenters. The predicted octanol–water partition coefficient (Wildman–Crippen LogP) is 5.79. The van der Waals surface area contributed by atoms with Crippen molar-refractivity contribution >= 4 is 12.0 Å². The zero-order chi connectivity index (χ0) is 29.7. The summed E-state index contributed by atoms with van der Waals surface area (Å²) in [7, 11) is 6.37. The van der Waals surface area contributed by atoms with E-state index >= 15 is 0 Å². The zero-order valence-corrected chi connectivity index (χ0v) is 22.0. The lowest BCUT2D eigenvalue weighted by Crippen LogP contribution is -2.30. The summed E-state index contributed by atoms with van der Waals surface area (Å²) in [6.45, 7) is 0.507. The quantitative estimate of drug-likeness (QED) is 0.326. The topological polar surface area (TPSA) is 79.8 Å². The van der Waals surface area contributed by atoms with Gasteiger partial charge in [-0.15, -0.1) is 0 Å². The number of ether oxygens (including phenoxy) is 2. The molecule has 0 aliphatic carbocycles. The van der Waals surface area contributed by atoms with E-state index in [9.17, 15) is 31.1 Å². The minimum absolute atomic E-state index is 0.0209. The number of anilines is 1. The molecule has 0 radical (unpaired) electrons. The first kappa shape index (κ1) is 30.5. The van der Waals surface area contributed by atoms with E-state index in [0.717, 1.165) is 4.90 Å². The van der Waals surface area contributed by atoms with Gasteiger partial charge < -0.3 is 24.6 Å². The summed E-state index contributed by atoms with van der Waals surface area (Å²) in [5.41, 5.74) is -2.59. The molecule has 1 N–H and O–H groups in total. The van der Waals surface area contributed by atoms with Crippen molar-refractivity contribution in [3.05, 3.63) is 65.4 Å². The number of hydrogen-bond acceptors (Lipinski definition) is 7. The molecule has 1 amide bonds. The lowest BCUT2D eigenvalue weighted by atomic mass is 10.0. The number of rotatable bonds is 9. The molecule has 216 valence electrons. The minimum Gasteiger partial charge on any atom is -0.496 e. The van der Waals surface area contributed by atoms with Gasteiger partial charge >= 0.3 is 18.4 Å². The summed E-state index contributed by atoms with van der Waals surface area (Å²) in [5.74, 6) is 0.371. The minimum atomic E-state index is -5.02. The normalized spacial score (nSPS) is 11.9. The molecule has 0 saturated carbocycles. The van der Waals surface area contributed by atoms with Gasteiger partial charge in [0, 0.05) is 38.4 Å². The van der Waals surface area contributed by atoms with Crippen molar-refractivity contribution in [1.29, 1.82) is 0 Å². The van der Waals surface area contributed by atoms with Crippen LogP contribution in [0.5, 0.6) is 11.6 Å². The van der Waals surface area contributed by atoms with Crippen LogP contribution in [0.25, 0.3) is 11.1 Å². The molecule has 1 aromatic heterocycles. The summed E-state index contributed by atoms with van der Waals surface area (Å²) in [4.78, 5) is 24.3. The number of carbonyl (C=O) groups excluding carboxylic acids is 1. The third-order valence-electron chi connectivity index (χ3n) is 5.56. The van der Waals surface area contributed by atoms with Crippen molar-refractivity contribution < 1.29 is 40.6 Å². The highest BCUT2D eigenvalue weighted by Gasteiger charge is 2.37. The Hall–Kier alpha value is -4.07. The number of halogens is 6. The van der Waals surface area contributed by atoms with Crippen molar-refractivity contribution in [2.24, 2.45) is 0 Å². The predicted molar refractivity (Wildman–Crippen MR) is 135 cm³/mol. The van der Waals surface area contributed by atoms with Crippen LogP contribution in [-0.2, 0) is 18.9 Å². The maximum Gasteiger partial charge on any atom is 0.416 e. The van der Waals surface area contributed by atoms with Crippen molar-refractivity contribution in [3.63, 3.8) is 0 Å². The lowest BCUT2D eigenvalue weighted by molar-refractivity contribution is -0.143. The first-order valence-corrected chi connectivity index (χ1v) is 11.8. The molecule has 0 spiro atoms. The van der Waals surface area contributed by atoms with E-state index in [-0.39, 0.29) is 29.0 Å². The van der Waals surface area contributed by atoms with E-state index in [1.807, 2.05) is 19.0 Å². The fourth-order valence-corrected chi connectivity index (χ4v) is 3.58. The molecule has 0 saturated heterocycles. The number of alkyl halides is 6. The highest BCUT2D eigenvalue weighted by molar-refractivity contribution is 5.78. The number of nitrogens with one attached hydrogen (secondary N) is 1. The van der Waals surface area contributed by atoms with Gasteiger partial charge in [-0.25, -0.2) is 9.78 Å². The van der Waals surface area contributed by atoms with E-state index in [2.05, 4.69) is 15.3 Å². The smallest absolute Gasteiger partial charge is 0.416 e. The van der Waals surface area contributed by atoms with Crippen LogP contribution < -0.4 is 14.8 Å². The van der Waals surface area contributed by atoms with E-state index in [0.29, 0.717) is 36.5 Å². The number of likely N-dealkylation sites (N-methyl/N-ethyl adjacent to an activating group) is 1. The second kappa shape index (κ2) is 12.4. The standard InChI is InChI=1S/C26H27F6N5O3/c1-36(2)10-9-33-23-34-14-20(19-7-5-6-8-21(19)39-4)22(35-23)40-24(38)37(3)15-16-11-17(25(27,28)29)13-18(12-16)26(30,31)32/h5-8,11-14H,9-10,15H2,1-4H3,(H,33,34,35). The molecule has 0 aliphatic rings. The number of carbonyl (C=O) groups is 1. The average Bonchev–Trinajstić information content (AvgIpc) is 2.87. The van der Waals surface area contributed by atoms with Gasteiger partial charge in [0.2, 0.25) is 11.8 Å². The Morgan fingerprint density at radius 3 is 2.15 bits per heavy atom. The molecule has 14 heteroatoms. The number of nitrogens with zero attached hydrogens (tertiary/aromatic N) is 4. The Labute approximate surface area is 226 Å². The molecule has 2 aromatic carbocycles. The summed E-state index contributed by atoms with van der Waals surface area (Å²) >= 11 is 0. The zero-order valence-electron chi connectivity index (χ0n) is 22.0. The fraction of sp³-hybridized carbons (Fsp3) is 0.346. The number of methoxy groups -OCH3 is 1. The van der Waals surface area contributed by atoms with Crippen LogP contribution >= 0.6 is 0 Å². The Morgan fingerprint density at radius 1 is 0.950 bits per heavy atom. The second-order valence-corrected chi connectivity index (χ2v) is 8.98. The maximum atomic E-state index is 13.3. The lowest BCUT2D eigenvalue weighted by Gasteiger charge is -2.20. The van der Waals surface area contributed by atoms with Crippen molar-refractivity contribution in [1.82, 2.24) is 19.8 Å². The van der Waals surface area contributed by atoms with Crippen LogP contribution in [0.2, 0.25) is 0 Å². The molecule has 0 atom stereocenters. The number of aromatic nitrogens is 2. The first-order chi connectivity index (χ1) is 18.7. The van der Waals surface area contributed by atoms with Crippen molar-refractivity contribution in [2.45, 2.75) is 18.9 Å². The highest BCUT2D eigenvalue weighted by Crippen LogP contribution is 2.37. The molecule has 0 aliphatic heterocycles. The van der Waals surface area contributed by atoms with Gasteiger partial charge in [0.15, 0.2) is 0 Å². The van der Waals surface area contributed by atoms with Gasteiger partial charge in [0.05, 0.1) is 23.8 Å². The van der Waals surface area contributed by atoms with Crippen LogP contribution in [0.4, 0.5) is 37.1 Å². The average molecular weight is 572 g/mol. The van der Waals surface area contributed by atoms with E-state index < -0.39 is 36.1 Å². The van der Waals surface area contributed by atoms with Gasteiger partial charge in [-0.05, 0) is 43.9 Å². The van der Waals surface area contributed by atoms with Crippen LogP contribution in [0.3, 0.4) is 0 Å². The second-order valence-electron chi connectivity index (χ2n) is 8.98. The number of para-hydroxylation sites is 1. The number of benzene rings is 2. The summed E-state index contributed by atoms with van der Waals surface area (Å²) in [6.07, 6.45) is -9.70. The first-order valence-electron chi connectivity index (χ1n) is 11.8. The molecule has 8 nitrogen and oxygen atoms in total. The largest absolute Gasteiger partial charge is 0.496 e. The van der Waals surface area contributed by atoms with Gasteiger partial charge in [-0.2, -0.15) is 31.3 Å². The van der Waals surface area contributed by atoms with Gasteiger partial charge in [0.25, 0.3) is 0 Å². The van der Waals surface area contributed by atoms with Crippen molar-refractivity contribution in [3.8, 4) is 22.8 Å². The van der Waals surface area contributed by atoms with E-state index in [1.54, 1.807) is 24.3 Å². The number of hydrogen-bond donors (Lipinski definition) is 1. The Balaban J connectivity index is 1.92. The fourth-order valence-electron chi connectivity index (χ4n) is 3.58. The SMILES string of the molecule is COc1ccccc1-c1cnc(NCCN(C)C)nc1OC(=O)N(C)Cc1cc(C(F)(F)F)cc(C(F)(F)F)c1. The van der Waals surface area contributed by atoms with E-state index in [4.69, 9.17) is 9.47 Å². The molecule has 3 aromatic rings. The van der Waals surface area contributed by atoms with Crippen LogP contribution in [0.1, 0.15) is 16.7 Å². The van der Waals surface area contributed by atoms with Crippen molar-refractivity contribution in [2.75, 3.05) is 46.7 Å². The molecular formula is C26H27F6N5O3. The maximum absolute atomic E-state index is 13.3. The molecule has 1 heterocycles. The molecule has 0 fully saturated rings. The number of amides is 1. The van der Waals surface area contributed by atoms with Crippen LogP contribution in [0, 0.1) is 0 Å². The van der Waals surface area contributed by atoms with E-state index in [1.165, 1.54) is 20.4 Å². The molecule has 3 rings (SSSR count). The summed E-state index contributed by atoms with van der Waals surface area (Å²) in [6, 6.07) is 7.91. The molecular weight excluding hydrogens is 544 g/mol. The third kappa shape index (κ3) is 7.97. The highest BCUT2D eigenvalue weighted by atomic mass is 19.4. The summed E-state index contributed by atoms with van der Waals surface area (Å²) < 4.78 is 90.4. The van der Waals surface area contributed by atoms with Crippen LogP contribution in [-0.4, -0.2) is 67.2 Å². The monoisotopic (exact) mass is 571 g/mol. The van der Waals surface area contributed by atoms with Gasteiger partial charge in [-0.3, -0.25) is 0 Å². The Morgan fingerprint density at radius 2 is 1.57 bits per heavy atom. The van der Waals surface area contributed by atoms with Crippen LogP contribution in [0.15, 0.2) is 48.7 Å². The Kier molecular flexibility index (Phi) is 9.45. The molecule has 40 heavy (non-hydrogen) atoms. The summed E-state index contributed by atoms with van der Waals surface area (Å²) in [5, 5.41) is 2.99. The third-order valence-corrected chi connectivity index (χ3v) is 5.56. The molecule has 0 bridgehead atoms.